The molecule has 1 fully saturated rings. The number of aromatic nitrogens is 1. The number of carboxylic acids is 1. The maximum Gasteiger partial charge on any atom is 0.323 e. The van der Waals surface area contributed by atoms with Gasteiger partial charge in [0.25, 0.3) is 0 Å². The van der Waals surface area contributed by atoms with Crippen molar-refractivity contribution in [2.24, 2.45) is 5.41 Å². The highest BCUT2D eigenvalue weighted by atomic mass is 79.9. The zero-order valence-electron chi connectivity index (χ0n) is 11.8. The molecule has 2 amide bonds. The summed E-state index contributed by atoms with van der Waals surface area (Å²) >= 11 is 4.82. The van der Waals surface area contributed by atoms with E-state index in [4.69, 9.17) is 0 Å². The molecule has 1 aliphatic heterocycles. The summed E-state index contributed by atoms with van der Waals surface area (Å²) in [4.78, 5) is 29.4. The number of nitrogens with one attached hydrogen (secondary N) is 1. The van der Waals surface area contributed by atoms with E-state index in [1.54, 1.807) is 6.92 Å². The van der Waals surface area contributed by atoms with Gasteiger partial charge in [0.15, 0.2) is 5.13 Å². The average Bonchev–Trinajstić information content (AvgIpc) is 3.04. The first kappa shape index (κ1) is 15.2. The van der Waals surface area contributed by atoms with Crippen LogP contribution >= 0.6 is 27.3 Å². The van der Waals surface area contributed by atoms with E-state index < -0.39 is 11.4 Å². The zero-order valence-corrected chi connectivity index (χ0v) is 14.2. The van der Waals surface area contributed by atoms with Crippen molar-refractivity contribution in [3.05, 3.63) is 22.7 Å². The van der Waals surface area contributed by atoms with Crippen LogP contribution in [0.25, 0.3) is 10.2 Å². The monoisotopic (exact) mass is 383 g/mol. The highest BCUT2D eigenvalue weighted by Crippen LogP contribution is 2.33. The second-order valence-corrected chi connectivity index (χ2v) is 7.46. The van der Waals surface area contributed by atoms with Crippen molar-refractivity contribution in [1.29, 1.82) is 0 Å². The predicted molar refractivity (Wildman–Crippen MR) is 88.3 cm³/mol. The number of halogens is 1. The molecule has 3 rings (SSSR count). The Bertz CT molecular complexity index is 763. The van der Waals surface area contributed by atoms with Crippen molar-refractivity contribution in [2.75, 3.05) is 18.4 Å². The van der Waals surface area contributed by atoms with Gasteiger partial charge in [0.2, 0.25) is 0 Å². The van der Waals surface area contributed by atoms with E-state index in [2.05, 4.69) is 26.2 Å². The number of carboxylic acid groups (broad SMARTS) is 1. The number of amides is 2. The van der Waals surface area contributed by atoms with Crippen molar-refractivity contribution < 1.29 is 14.7 Å². The molecule has 1 unspecified atom stereocenters. The Morgan fingerprint density at radius 3 is 2.91 bits per heavy atom. The molecule has 1 saturated heterocycles. The van der Waals surface area contributed by atoms with Gasteiger partial charge in [-0.1, -0.05) is 17.4 Å². The number of nitrogens with zero attached hydrogens (tertiary/aromatic N) is 2. The average molecular weight is 384 g/mol. The third-order valence-electron chi connectivity index (χ3n) is 3.86. The summed E-state index contributed by atoms with van der Waals surface area (Å²) in [6.07, 6.45) is 0.459. The first-order valence-corrected chi connectivity index (χ1v) is 8.34. The summed E-state index contributed by atoms with van der Waals surface area (Å²) in [6.45, 7) is 2.31. The summed E-state index contributed by atoms with van der Waals surface area (Å²) in [7, 11) is 0. The maximum atomic E-state index is 12.3. The molecule has 6 nitrogen and oxygen atoms in total. The van der Waals surface area contributed by atoms with E-state index in [0.717, 1.165) is 14.7 Å². The van der Waals surface area contributed by atoms with Crippen molar-refractivity contribution in [2.45, 2.75) is 13.3 Å². The topological polar surface area (TPSA) is 82.5 Å². The van der Waals surface area contributed by atoms with Crippen LogP contribution in [0.2, 0.25) is 0 Å². The summed E-state index contributed by atoms with van der Waals surface area (Å²) in [5.41, 5.74) is -0.0619. The highest BCUT2D eigenvalue weighted by Gasteiger charge is 2.42. The van der Waals surface area contributed by atoms with E-state index in [0.29, 0.717) is 18.1 Å². The van der Waals surface area contributed by atoms with Gasteiger partial charge in [0, 0.05) is 17.6 Å². The molecule has 0 saturated carbocycles. The van der Waals surface area contributed by atoms with Gasteiger partial charge in [0.05, 0.1) is 15.6 Å². The fourth-order valence-electron chi connectivity index (χ4n) is 2.45. The second kappa shape index (κ2) is 5.51. The number of aliphatic carboxylic acids is 1. The molecular formula is C14H14BrN3O3S. The molecule has 22 heavy (non-hydrogen) atoms. The lowest BCUT2D eigenvalue weighted by Gasteiger charge is -2.19. The van der Waals surface area contributed by atoms with E-state index >= 15 is 0 Å². The number of urea groups is 1. The maximum absolute atomic E-state index is 12.3. The predicted octanol–water partition coefficient (Wildman–Crippen LogP) is 3.39. The molecule has 2 aromatic rings. The fourth-order valence-corrected chi connectivity index (χ4v) is 3.92. The third-order valence-corrected chi connectivity index (χ3v) is 5.44. The number of likely N-dealkylation sites (tertiary alicyclic amines) is 1. The Labute approximate surface area is 139 Å². The van der Waals surface area contributed by atoms with Crippen molar-refractivity contribution in [1.82, 2.24) is 9.88 Å². The minimum atomic E-state index is -0.869. The van der Waals surface area contributed by atoms with Crippen LogP contribution in [0, 0.1) is 5.41 Å². The standard InChI is InChI=1S/C14H14BrN3O3S/c1-14(11(19)20)5-6-18(7-14)13(21)17-12-16-10-8(15)3-2-4-9(10)22-12/h2-4H,5-7H2,1H3,(H,19,20)(H,16,17,21). The number of thiazole rings is 1. The summed E-state index contributed by atoms with van der Waals surface area (Å²) < 4.78 is 1.85. The summed E-state index contributed by atoms with van der Waals surface area (Å²) in [5.74, 6) is -0.869. The summed E-state index contributed by atoms with van der Waals surface area (Å²) in [5, 5.41) is 12.5. The molecule has 2 heterocycles. The lowest BCUT2D eigenvalue weighted by Crippen LogP contribution is -2.37. The van der Waals surface area contributed by atoms with E-state index in [1.165, 1.54) is 16.2 Å². The quantitative estimate of drug-likeness (QED) is 0.832. The molecule has 0 bridgehead atoms. The Hall–Kier alpha value is -1.67. The Morgan fingerprint density at radius 2 is 2.27 bits per heavy atom. The first-order chi connectivity index (χ1) is 10.4. The Morgan fingerprint density at radius 1 is 1.50 bits per heavy atom. The van der Waals surface area contributed by atoms with E-state index in [1.807, 2.05) is 18.2 Å². The Kier molecular flexibility index (Phi) is 3.82. The minimum absolute atomic E-state index is 0.211. The van der Waals surface area contributed by atoms with Crippen molar-refractivity contribution >= 4 is 54.6 Å². The number of para-hydroxylation sites is 1. The molecular weight excluding hydrogens is 370 g/mol. The van der Waals surface area contributed by atoms with Crippen LogP contribution in [0.1, 0.15) is 13.3 Å². The Balaban J connectivity index is 1.74. The lowest BCUT2D eigenvalue weighted by molar-refractivity contribution is -0.146. The SMILES string of the molecule is CC1(C(=O)O)CCN(C(=O)Nc2nc3c(Br)cccc3s2)C1. The molecule has 116 valence electrons. The number of anilines is 1. The summed E-state index contributed by atoms with van der Waals surface area (Å²) in [6, 6.07) is 5.44. The molecule has 0 spiro atoms. The van der Waals surface area contributed by atoms with Crippen molar-refractivity contribution in [3.63, 3.8) is 0 Å². The number of carbonyl (C=O) groups excluding carboxylic acids is 1. The van der Waals surface area contributed by atoms with Crippen LogP contribution in [0.3, 0.4) is 0 Å². The number of carbonyl (C=O) groups is 2. The molecule has 2 N–H and O–H groups in total. The zero-order chi connectivity index (χ0) is 15.9. The van der Waals surface area contributed by atoms with Crippen LogP contribution < -0.4 is 5.32 Å². The second-order valence-electron chi connectivity index (χ2n) is 5.57. The van der Waals surface area contributed by atoms with Crippen LogP contribution in [-0.4, -0.2) is 40.1 Å². The number of fused-ring (bicyclic) bond motifs is 1. The van der Waals surface area contributed by atoms with Gasteiger partial charge in [-0.05, 0) is 41.4 Å². The van der Waals surface area contributed by atoms with Gasteiger partial charge in [0.1, 0.15) is 0 Å². The highest BCUT2D eigenvalue weighted by molar-refractivity contribution is 9.10. The first-order valence-electron chi connectivity index (χ1n) is 6.73. The fraction of sp³-hybridized carbons (Fsp3) is 0.357. The van der Waals surface area contributed by atoms with Crippen LogP contribution in [-0.2, 0) is 4.79 Å². The largest absolute Gasteiger partial charge is 0.481 e. The molecule has 8 heteroatoms. The minimum Gasteiger partial charge on any atom is -0.481 e. The van der Waals surface area contributed by atoms with Crippen LogP contribution in [0.5, 0.6) is 0 Å². The number of rotatable bonds is 2. The molecule has 1 aromatic heterocycles. The lowest BCUT2D eigenvalue weighted by atomic mass is 9.90. The molecule has 1 atom stereocenters. The van der Waals surface area contributed by atoms with Crippen LogP contribution in [0.4, 0.5) is 9.93 Å². The number of hydrogen-bond acceptors (Lipinski definition) is 4. The molecule has 0 aliphatic carbocycles. The van der Waals surface area contributed by atoms with E-state index in [9.17, 15) is 14.7 Å². The van der Waals surface area contributed by atoms with Gasteiger partial charge < -0.3 is 10.0 Å². The van der Waals surface area contributed by atoms with Gasteiger partial charge in [-0.25, -0.2) is 9.78 Å². The normalized spacial score (nSPS) is 21.3. The molecule has 1 aromatic carbocycles. The smallest absolute Gasteiger partial charge is 0.323 e. The van der Waals surface area contributed by atoms with Crippen LogP contribution in [0.15, 0.2) is 22.7 Å². The van der Waals surface area contributed by atoms with Gasteiger partial charge in [-0.15, -0.1) is 0 Å². The third kappa shape index (κ3) is 2.68. The van der Waals surface area contributed by atoms with Gasteiger partial charge >= 0.3 is 12.0 Å². The number of hydrogen-bond donors (Lipinski definition) is 2. The van der Waals surface area contributed by atoms with Crippen molar-refractivity contribution in [3.8, 4) is 0 Å². The van der Waals surface area contributed by atoms with E-state index in [-0.39, 0.29) is 12.6 Å². The molecule has 0 radical (unpaired) electrons. The molecule has 1 aliphatic rings. The van der Waals surface area contributed by atoms with Gasteiger partial charge in [-0.3, -0.25) is 10.1 Å². The number of benzene rings is 1. The van der Waals surface area contributed by atoms with Gasteiger partial charge in [-0.2, -0.15) is 0 Å².